The van der Waals surface area contributed by atoms with Crippen LogP contribution in [0, 0.1) is 28.6 Å². The Hall–Kier alpha value is -1.34. The van der Waals surface area contributed by atoms with Crippen LogP contribution >= 0.6 is 0 Å². The fourth-order valence-electron chi connectivity index (χ4n) is 9.40. The number of rotatable bonds is 2. The molecule has 7 nitrogen and oxygen atoms in total. The normalized spacial score (nSPS) is 48.3. The summed E-state index contributed by atoms with van der Waals surface area (Å²) in [6.07, 6.45) is 10.7. The van der Waals surface area contributed by atoms with Crippen molar-refractivity contribution < 1.29 is 24.2 Å². The second kappa shape index (κ2) is 8.36. The lowest BCUT2D eigenvalue weighted by molar-refractivity contribution is -0.194. The first-order chi connectivity index (χ1) is 16.1. The van der Waals surface area contributed by atoms with Gasteiger partial charge in [0.25, 0.3) is 0 Å². The molecule has 0 spiro atoms. The minimum absolute atomic E-state index is 0.241. The molecule has 4 aliphatic carbocycles. The average Bonchev–Trinajstić information content (AvgIpc) is 3.06. The van der Waals surface area contributed by atoms with Gasteiger partial charge in [-0.2, -0.15) is 0 Å². The van der Waals surface area contributed by atoms with Crippen LogP contribution in [-0.2, 0) is 14.3 Å². The second-order valence-electron chi connectivity index (χ2n) is 12.6. The maximum atomic E-state index is 13.4. The number of nitrogens with zero attached hydrogens (tertiary/aromatic N) is 1. The molecular weight excluding hydrogens is 432 g/mol. The maximum Gasteiger partial charge on any atom is 0.411 e. The molecule has 8 atom stereocenters. The number of likely N-dealkylation sites (tertiary alicyclic amines) is 1. The number of carbonyl (C=O) groups excluding carboxylic acids is 2. The van der Waals surface area contributed by atoms with E-state index in [1.54, 1.807) is 4.90 Å². The Morgan fingerprint density at radius 1 is 0.941 bits per heavy atom. The number of hydrogen-bond donors (Lipinski definition) is 2. The molecule has 3 N–H and O–H groups in total. The van der Waals surface area contributed by atoms with Crippen LogP contribution in [0.15, 0.2) is 0 Å². The zero-order valence-electron chi connectivity index (χ0n) is 21.3. The largest absolute Gasteiger partial charge is 0.466 e. The molecule has 1 heterocycles. The van der Waals surface area contributed by atoms with Gasteiger partial charge >= 0.3 is 12.1 Å². The van der Waals surface area contributed by atoms with Crippen LogP contribution in [0.2, 0.25) is 0 Å². The highest BCUT2D eigenvalue weighted by Crippen LogP contribution is 2.69. The van der Waals surface area contributed by atoms with Gasteiger partial charge in [-0.15, -0.1) is 0 Å². The summed E-state index contributed by atoms with van der Waals surface area (Å²) < 4.78 is 11.5. The standard InChI is InChI=1S/C27H44N2O5/c1-24-12-5-4-7-18(24)9-10-21-20(24)11-13-25(2)26(21,28)14-15-27(25,22(31)33-3)34-23(32)29-16-6-8-19(30)17-29/h18-21,30H,4-17,28H2,1-3H3/t18?,19?,20-,21-,24+,25+,26-,27?/m1/s1. The molecule has 0 aromatic rings. The molecule has 4 saturated carbocycles. The first-order valence-electron chi connectivity index (χ1n) is 13.6. The number of aliphatic hydroxyl groups is 1. The summed E-state index contributed by atoms with van der Waals surface area (Å²) in [4.78, 5) is 28.3. The third-order valence-electron chi connectivity index (χ3n) is 11.5. The fourth-order valence-corrected chi connectivity index (χ4v) is 9.40. The highest BCUT2D eigenvalue weighted by atomic mass is 16.6. The Bertz CT molecular complexity index is 836. The van der Waals surface area contributed by atoms with Crippen molar-refractivity contribution in [3.05, 3.63) is 0 Å². The van der Waals surface area contributed by atoms with Crippen molar-refractivity contribution in [3.8, 4) is 0 Å². The second-order valence-corrected chi connectivity index (χ2v) is 12.6. The average molecular weight is 477 g/mol. The molecule has 0 bridgehead atoms. The number of ether oxygens (including phenoxy) is 2. The molecule has 5 fully saturated rings. The van der Waals surface area contributed by atoms with Crippen LogP contribution in [-0.4, -0.2) is 59.5 Å². The van der Waals surface area contributed by atoms with E-state index in [2.05, 4.69) is 13.8 Å². The minimum atomic E-state index is -1.38. The van der Waals surface area contributed by atoms with Crippen molar-refractivity contribution >= 4 is 12.1 Å². The lowest BCUT2D eigenvalue weighted by Crippen LogP contribution is -2.71. The van der Waals surface area contributed by atoms with E-state index in [0.29, 0.717) is 43.1 Å². The Kier molecular flexibility index (Phi) is 5.99. The molecule has 3 unspecified atom stereocenters. The number of esters is 1. The van der Waals surface area contributed by atoms with Crippen molar-refractivity contribution in [2.75, 3.05) is 20.2 Å². The third-order valence-corrected chi connectivity index (χ3v) is 11.5. The third kappa shape index (κ3) is 3.21. The van der Waals surface area contributed by atoms with Crippen LogP contribution in [0.5, 0.6) is 0 Å². The highest BCUT2D eigenvalue weighted by molar-refractivity contribution is 5.85. The van der Waals surface area contributed by atoms with Crippen molar-refractivity contribution in [1.82, 2.24) is 4.90 Å². The number of piperidine rings is 1. The van der Waals surface area contributed by atoms with Crippen LogP contribution in [0.4, 0.5) is 4.79 Å². The van der Waals surface area contributed by atoms with E-state index in [-0.39, 0.29) is 6.54 Å². The van der Waals surface area contributed by atoms with E-state index < -0.39 is 34.7 Å². The van der Waals surface area contributed by atoms with Crippen molar-refractivity contribution in [1.29, 1.82) is 0 Å². The summed E-state index contributed by atoms with van der Waals surface area (Å²) in [6.45, 7) is 5.36. The fraction of sp³-hybridized carbons (Fsp3) is 0.926. The molecule has 5 aliphatic rings. The first kappa shape index (κ1) is 24.4. The van der Waals surface area contributed by atoms with Crippen molar-refractivity contribution in [2.45, 2.75) is 108 Å². The molecule has 0 aromatic heterocycles. The van der Waals surface area contributed by atoms with Gasteiger partial charge in [-0.05, 0) is 81.0 Å². The zero-order chi connectivity index (χ0) is 24.4. The number of hydrogen-bond acceptors (Lipinski definition) is 6. The number of carbonyl (C=O) groups is 2. The number of fused-ring (bicyclic) bond motifs is 5. The first-order valence-corrected chi connectivity index (χ1v) is 13.6. The quantitative estimate of drug-likeness (QED) is 0.584. The summed E-state index contributed by atoms with van der Waals surface area (Å²) in [5.41, 5.74) is 5.11. The molecular formula is C27H44N2O5. The summed E-state index contributed by atoms with van der Waals surface area (Å²) in [5.74, 6) is 1.19. The van der Waals surface area contributed by atoms with E-state index in [1.807, 2.05) is 0 Å². The van der Waals surface area contributed by atoms with Gasteiger partial charge in [-0.25, -0.2) is 9.59 Å². The van der Waals surface area contributed by atoms with Gasteiger partial charge in [0.15, 0.2) is 0 Å². The Balaban J connectivity index is 1.47. The zero-order valence-corrected chi connectivity index (χ0v) is 21.3. The smallest absolute Gasteiger partial charge is 0.411 e. The van der Waals surface area contributed by atoms with Crippen LogP contribution < -0.4 is 5.73 Å². The number of methoxy groups -OCH3 is 1. The lowest BCUT2D eigenvalue weighted by atomic mass is 9.42. The van der Waals surface area contributed by atoms with Crippen molar-refractivity contribution in [2.24, 2.45) is 34.3 Å². The Morgan fingerprint density at radius 2 is 1.74 bits per heavy atom. The number of amides is 1. The summed E-state index contributed by atoms with van der Waals surface area (Å²) in [5, 5.41) is 10.1. The maximum absolute atomic E-state index is 13.4. The predicted octanol–water partition coefficient (Wildman–Crippen LogP) is 4.01. The summed E-state index contributed by atoms with van der Waals surface area (Å²) in [6, 6.07) is 0. The lowest BCUT2D eigenvalue weighted by Gasteiger charge is -2.64. The molecule has 1 amide bonds. The van der Waals surface area contributed by atoms with Gasteiger partial charge in [0.2, 0.25) is 5.60 Å². The van der Waals surface area contributed by atoms with E-state index >= 15 is 0 Å². The highest BCUT2D eigenvalue weighted by Gasteiger charge is 2.75. The number of nitrogens with two attached hydrogens (primary N) is 1. The molecule has 0 radical (unpaired) electrons. The van der Waals surface area contributed by atoms with E-state index in [9.17, 15) is 14.7 Å². The van der Waals surface area contributed by atoms with E-state index in [4.69, 9.17) is 15.2 Å². The summed E-state index contributed by atoms with van der Waals surface area (Å²) >= 11 is 0. The number of β-amino-alcohol motifs (C(OH)–C–C–N with tert-alkyl or cyclic N) is 1. The molecule has 7 heteroatoms. The molecule has 1 saturated heterocycles. The van der Waals surface area contributed by atoms with Gasteiger partial charge in [0, 0.05) is 30.5 Å². The molecule has 192 valence electrons. The molecule has 1 aliphatic heterocycles. The van der Waals surface area contributed by atoms with Gasteiger partial charge in [0.05, 0.1) is 13.2 Å². The SMILES string of the molecule is COC(=O)C1(OC(=O)N2CCCC(O)C2)CC[C@@]2(N)[C@@H]3CCC4CCCC[C@]4(C)[C@@H]3CC[C@]12C. The molecule has 34 heavy (non-hydrogen) atoms. The van der Waals surface area contributed by atoms with Gasteiger partial charge in [-0.1, -0.05) is 26.7 Å². The molecule has 5 rings (SSSR count). The van der Waals surface area contributed by atoms with Crippen LogP contribution in [0.1, 0.15) is 90.9 Å². The monoisotopic (exact) mass is 476 g/mol. The molecule has 0 aromatic carbocycles. The van der Waals surface area contributed by atoms with Crippen LogP contribution in [0.3, 0.4) is 0 Å². The van der Waals surface area contributed by atoms with Gasteiger partial charge in [-0.3, -0.25) is 0 Å². The van der Waals surface area contributed by atoms with E-state index in [0.717, 1.165) is 31.6 Å². The van der Waals surface area contributed by atoms with Crippen LogP contribution in [0.25, 0.3) is 0 Å². The Labute approximate surface area is 204 Å². The van der Waals surface area contributed by atoms with Gasteiger partial charge in [0.1, 0.15) is 0 Å². The topological polar surface area (TPSA) is 102 Å². The van der Waals surface area contributed by atoms with Gasteiger partial charge < -0.3 is 25.2 Å². The number of aliphatic hydroxyl groups excluding tert-OH is 1. The predicted molar refractivity (Wildman–Crippen MR) is 128 cm³/mol. The van der Waals surface area contributed by atoms with E-state index in [1.165, 1.54) is 39.2 Å². The minimum Gasteiger partial charge on any atom is -0.466 e. The summed E-state index contributed by atoms with van der Waals surface area (Å²) in [7, 11) is 1.38. The Morgan fingerprint density at radius 3 is 2.47 bits per heavy atom. The van der Waals surface area contributed by atoms with Crippen molar-refractivity contribution in [3.63, 3.8) is 0 Å².